The molecule has 0 aromatic carbocycles. The van der Waals surface area contributed by atoms with Crippen LogP contribution in [0.2, 0.25) is 0 Å². The number of hydrogen-bond donors (Lipinski definition) is 1. The number of hydrogen-bond acceptors (Lipinski definition) is 5. The predicted octanol–water partition coefficient (Wildman–Crippen LogP) is -0.542. The minimum absolute atomic E-state index is 0.0836. The van der Waals surface area contributed by atoms with Crippen molar-refractivity contribution >= 4 is 10.0 Å². The molecule has 0 saturated carbocycles. The molecule has 0 unspecified atom stereocenters. The van der Waals surface area contributed by atoms with E-state index in [1.54, 1.807) is 18.6 Å². The summed E-state index contributed by atoms with van der Waals surface area (Å²) in [6.07, 6.45) is 4.85. The monoisotopic (exact) mass is 244 g/mol. The van der Waals surface area contributed by atoms with E-state index < -0.39 is 10.0 Å². The molecule has 16 heavy (non-hydrogen) atoms. The van der Waals surface area contributed by atoms with Gasteiger partial charge >= 0.3 is 0 Å². The fourth-order valence-electron chi connectivity index (χ4n) is 1.02. The van der Waals surface area contributed by atoms with Gasteiger partial charge in [-0.1, -0.05) is 0 Å². The SMILES string of the molecule is CN(C)S(=O)(=O)CCNCc1cnccn1. The van der Waals surface area contributed by atoms with Gasteiger partial charge in [0.15, 0.2) is 0 Å². The molecule has 0 aliphatic heterocycles. The van der Waals surface area contributed by atoms with Gasteiger partial charge in [-0.15, -0.1) is 0 Å². The smallest absolute Gasteiger partial charge is 0.214 e. The average Bonchev–Trinajstić information content (AvgIpc) is 2.26. The molecule has 1 N–H and O–H groups in total. The van der Waals surface area contributed by atoms with Crippen LogP contribution >= 0.6 is 0 Å². The van der Waals surface area contributed by atoms with Gasteiger partial charge in [0.05, 0.1) is 11.4 Å². The van der Waals surface area contributed by atoms with E-state index in [4.69, 9.17) is 0 Å². The molecule has 0 bridgehead atoms. The Morgan fingerprint density at radius 3 is 2.69 bits per heavy atom. The van der Waals surface area contributed by atoms with Crippen molar-refractivity contribution in [1.82, 2.24) is 19.6 Å². The lowest BCUT2D eigenvalue weighted by molar-refractivity contribution is 0.517. The maximum absolute atomic E-state index is 11.4. The summed E-state index contributed by atoms with van der Waals surface area (Å²) in [5.74, 6) is 0.0836. The Bertz CT molecular complexity index is 405. The van der Waals surface area contributed by atoms with E-state index in [0.29, 0.717) is 13.1 Å². The zero-order chi connectivity index (χ0) is 12.0. The zero-order valence-electron chi connectivity index (χ0n) is 9.42. The van der Waals surface area contributed by atoms with Gasteiger partial charge in [0.2, 0.25) is 10.0 Å². The molecular weight excluding hydrogens is 228 g/mol. The van der Waals surface area contributed by atoms with Crippen LogP contribution in [0.3, 0.4) is 0 Å². The highest BCUT2D eigenvalue weighted by Crippen LogP contribution is 1.93. The van der Waals surface area contributed by atoms with Crippen molar-refractivity contribution < 1.29 is 8.42 Å². The molecule has 0 saturated heterocycles. The van der Waals surface area contributed by atoms with Gasteiger partial charge in [-0.3, -0.25) is 9.97 Å². The number of sulfonamides is 1. The van der Waals surface area contributed by atoms with E-state index in [1.807, 2.05) is 0 Å². The van der Waals surface area contributed by atoms with Gasteiger partial charge in [-0.05, 0) is 0 Å². The molecule has 1 heterocycles. The van der Waals surface area contributed by atoms with Gasteiger partial charge in [0.1, 0.15) is 0 Å². The van der Waals surface area contributed by atoms with Crippen LogP contribution in [0.25, 0.3) is 0 Å². The topological polar surface area (TPSA) is 75.2 Å². The van der Waals surface area contributed by atoms with Crippen molar-refractivity contribution in [2.75, 3.05) is 26.4 Å². The normalized spacial score (nSPS) is 11.9. The summed E-state index contributed by atoms with van der Waals surface area (Å²) in [6, 6.07) is 0. The molecule has 0 amide bonds. The van der Waals surface area contributed by atoms with E-state index >= 15 is 0 Å². The van der Waals surface area contributed by atoms with Gasteiger partial charge in [-0.2, -0.15) is 0 Å². The number of rotatable bonds is 6. The summed E-state index contributed by atoms with van der Waals surface area (Å²) in [5, 5.41) is 3.00. The molecule has 1 aromatic rings. The Morgan fingerprint density at radius 2 is 2.12 bits per heavy atom. The maximum atomic E-state index is 11.4. The summed E-state index contributed by atoms with van der Waals surface area (Å²) in [4.78, 5) is 7.97. The van der Waals surface area contributed by atoms with Crippen LogP contribution in [-0.4, -0.2) is 49.1 Å². The molecular formula is C9H16N4O2S. The molecule has 0 atom stereocenters. The molecule has 0 aliphatic rings. The summed E-state index contributed by atoms with van der Waals surface area (Å²) < 4.78 is 24.0. The summed E-state index contributed by atoms with van der Waals surface area (Å²) in [7, 11) is -0.0662. The third kappa shape index (κ3) is 4.21. The quantitative estimate of drug-likeness (QED) is 0.680. The molecule has 7 heteroatoms. The van der Waals surface area contributed by atoms with Crippen molar-refractivity contribution in [1.29, 1.82) is 0 Å². The maximum Gasteiger partial charge on any atom is 0.214 e. The third-order valence-corrected chi connectivity index (χ3v) is 3.85. The number of nitrogens with one attached hydrogen (secondary N) is 1. The number of aromatic nitrogens is 2. The van der Waals surface area contributed by atoms with Gasteiger partial charge in [0, 0.05) is 45.8 Å². The second kappa shape index (κ2) is 5.88. The fraction of sp³-hybridized carbons (Fsp3) is 0.556. The van der Waals surface area contributed by atoms with Crippen LogP contribution in [0.1, 0.15) is 5.69 Å². The Kier molecular flexibility index (Phi) is 4.78. The lowest BCUT2D eigenvalue weighted by Gasteiger charge is -2.11. The van der Waals surface area contributed by atoms with Crippen molar-refractivity contribution in [3.63, 3.8) is 0 Å². The van der Waals surface area contributed by atoms with E-state index in [9.17, 15) is 8.42 Å². The van der Waals surface area contributed by atoms with Crippen molar-refractivity contribution in [2.45, 2.75) is 6.54 Å². The molecule has 0 radical (unpaired) electrons. The third-order valence-electron chi connectivity index (χ3n) is 2.02. The van der Waals surface area contributed by atoms with Gasteiger partial charge in [0.25, 0.3) is 0 Å². The lowest BCUT2D eigenvalue weighted by Crippen LogP contribution is -2.31. The first-order chi connectivity index (χ1) is 7.52. The first kappa shape index (κ1) is 13.0. The van der Waals surface area contributed by atoms with Crippen molar-refractivity contribution in [3.05, 3.63) is 24.3 Å². The average molecular weight is 244 g/mol. The van der Waals surface area contributed by atoms with E-state index in [1.165, 1.54) is 18.4 Å². The Morgan fingerprint density at radius 1 is 1.38 bits per heavy atom. The summed E-state index contributed by atoms with van der Waals surface area (Å²) >= 11 is 0. The standard InChI is InChI=1S/C9H16N4O2S/c1-13(2)16(14,15)6-5-11-8-9-7-10-3-4-12-9/h3-4,7,11H,5-6,8H2,1-2H3. The molecule has 0 fully saturated rings. The van der Waals surface area contributed by atoms with E-state index in [2.05, 4.69) is 15.3 Å². The fourth-order valence-corrected chi connectivity index (χ4v) is 1.79. The van der Waals surface area contributed by atoms with Crippen LogP contribution in [0.5, 0.6) is 0 Å². The van der Waals surface area contributed by atoms with Crippen LogP contribution in [0, 0.1) is 0 Å². The number of nitrogens with zero attached hydrogens (tertiary/aromatic N) is 3. The van der Waals surface area contributed by atoms with Gasteiger partial charge in [-0.25, -0.2) is 12.7 Å². The molecule has 1 rings (SSSR count). The Hall–Kier alpha value is -1.05. The molecule has 6 nitrogen and oxygen atoms in total. The first-order valence-corrected chi connectivity index (χ1v) is 6.49. The summed E-state index contributed by atoms with van der Waals surface area (Å²) in [6.45, 7) is 0.924. The molecule has 0 spiro atoms. The highest BCUT2D eigenvalue weighted by molar-refractivity contribution is 7.89. The lowest BCUT2D eigenvalue weighted by atomic mass is 10.4. The van der Waals surface area contributed by atoms with Crippen molar-refractivity contribution in [2.24, 2.45) is 0 Å². The highest BCUT2D eigenvalue weighted by atomic mass is 32.2. The minimum Gasteiger partial charge on any atom is -0.310 e. The van der Waals surface area contributed by atoms with Crippen LogP contribution in [0.4, 0.5) is 0 Å². The molecule has 0 aliphatic carbocycles. The highest BCUT2D eigenvalue weighted by Gasteiger charge is 2.12. The second-order valence-corrected chi connectivity index (χ2v) is 5.77. The molecule has 90 valence electrons. The minimum atomic E-state index is -3.12. The van der Waals surface area contributed by atoms with Crippen LogP contribution < -0.4 is 5.32 Å². The largest absolute Gasteiger partial charge is 0.310 e. The first-order valence-electron chi connectivity index (χ1n) is 4.88. The summed E-state index contributed by atoms with van der Waals surface area (Å²) in [5.41, 5.74) is 0.796. The Balaban J connectivity index is 2.28. The van der Waals surface area contributed by atoms with E-state index in [-0.39, 0.29) is 5.75 Å². The predicted molar refractivity (Wildman–Crippen MR) is 61.2 cm³/mol. The second-order valence-electron chi connectivity index (χ2n) is 3.47. The zero-order valence-corrected chi connectivity index (χ0v) is 10.2. The van der Waals surface area contributed by atoms with Crippen molar-refractivity contribution in [3.8, 4) is 0 Å². The van der Waals surface area contributed by atoms with Crippen LogP contribution in [0.15, 0.2) is 18.6 Å². The van der Waals surface area contributed by atoms with Gasteiger partial charge < -0.3 is 5.32 Å². The van der Waals surface area contributed by atoms with E-state index in [0.717, 1.165) is 5.69 Å². The molecule has 1 aromatic heterocycles. The van der Waals surface area contributed by atoms with Crippen LogP contribution in [-0.2, 0) is 16.6 Å². The Labute approximate surface area is 95.8 Å².